The summed E-state index contributed by atoms with van der Waals surface area (Å²) in [4.78, 5) is 32.5. The van der Waals surface area contributed by atoms with E-state index in [4.69, 9.17) is 4.74 Å². The highest BCUT2D eigenvalue weighted by Crippen LogP contribution is 2.25. The van der Waals surface area contributed by atoms with Crippen LogP contribution in [0.4, 0.5) is 0 Å². The standard InChI is InChI=1S/C18H25N3O3/c1-13(2)21-11-15-10-20(8-5-16(15)24-12-18(21)23)17(22)9-14-3-6-19-7-4-14/h3-4,6-7,13,15-16H,5,8-12H2,1-2H3/t15-,16+/m1/s1. The van der Waals surface area contributed by atoms with Gasteiger partial charge in [-0.25, -0.2) is 0 Å². The van der Waals surface area contributed by atoms with Crippen molar-refractivity contribution in [3.63, 3.8) is 0 Å². The number of aromatic nitrogens is 1. The first-order valence-corrected chi connectivity index (χ1v) is 8.62. The molecule has 0 aliphatic carbocycles. The first-order chi connectivity index (χ1) is 11.5. The topological polar surface area (TPSA) is 62.7 Å². The van der Waals surface area contributed by atoms with Gasteiger partial charge in [0.15, 0.2) is 0 Å². The Balaban J connectivity index is 1.65. The third-order valence-electron chi connectivity index (χ3n) is 4.92. The Hall–Kier alpha value is -1.95. The molecule has 130 valence electrons. The fourth-order valence-electron chi connectivity index (χ4n) is 3.53. The summed E-state index contributed by atoms with van der Waals surface area (Å²) < 4.78 is 5.81. The van der Waals surface area contributed by atoms with E-state index in [-0.39, 0.29) is 36.5 Å². The number of carbonyl (C=O) groups is 2. The fraction of sp³-hybridized carbons (Fsp3) is 0.611. The Bertz CT molecular complexity index is 590. The average Bonchev–Trinajstić information content (AvgIpc) is 2.74. The number of ether oxygens (including phenoxy) is 1. The molecule has 2 saturated heterocycles. The van der Waals surface area contributed by atoms with E-state index in [0.29, 0.717) is 26.1 Å². The van der Waals surface area contributed by atoms with Gasteiger partial charge in [-0.2, -0.15) is 0 Å². The van der Waals surface area contributed by atoms with Crippen molar-refractivity contribution in [3.8, 4) is 0 Å². The number of amides is 2. The van der Waals surface area contributed by atoms with Gasteiger partial charge in [0.1, 0.15) is 6.61 Å². The zero-order chi connectivity index (χ0) is 17.1. The van der Waals surface area contributed by atoms with Gasteiger partial charge in [0.25, 0.3) is 0 Å². The maximum absolute atomic E-state index is 12.6. The molecule has 2 aliphatic heterocycles. The lowest BCUT2D eigenvalue weighted by atomic mass is 9.93. The van der Waals surface area contributed by atoms with Crippen LogP contribution >= 0.6 is 0 Å². The predicted molar refractivity (Wildman–Crippen MR) is 89.2 cm³/mol. The number of hydrogen-bond acceptors (Lipinski definition) is 4. The number of rotatable bonds is 3. The normalized spacial score (nSPS) is 24.7. The second-order valence-electron chi connectivity index (χ2n) is 6.91. The van der Waals surface area contributed by atoms with Crippen LogP contribution in [0.1, 0.15) is 25.8 Å². The molecule has 0 spiro atoms. The second-order valence-corrected chi connectivity index (χ2v) is 6.91. The summed E-state index contributed by atoms with van der Waals surface area (Å²) >= 11 is 0. The van der Waals surface area contributed by atoms with Crippen molar-refractivity contribution in [2.75, 3.05) is 26.2 Å². The van der Waals surface area contributed by atoms with E-state index in [0.717, 1.165) is 12.0 Å². The summed E-state index contributed by atoms with van der Waals surface area (Å²) in [6.45, 7) is 6.22. The Kier molecular flexibility index (Phi) is 5.14. The number of carbonyl (C=O) groups excluding carboxylic acids is 2. The van der Waals surface area contributed by atoms with Gasteiger partial charge in [0.2, 0.25) is 11.8 Å². The number of nitrogens with zero attached hydrogens (tertiary/aromatic N) is 3. The molecule has 3 heterocycles. The molecular weight excluding hydrogens is 306 g/mol. The lowest BCUT2D eigenvalue weighted by molar-refractivity contribution is -0.138. The van der Waals surface area contributed by atoms with Crippen LogP contribution in [0.3, 0.4) is 0 Å². The minimum atomic E-state index is 0.0501. The third-order valence-corrected chi connectivity index (χ3v) is 4.92. The molecule has 0 bridgehead atoms. The Labute approximate surface area is 142 Å². The summed E-state index contributed by atoms with van der Waals surface area (Å²) in [5.41, 5.74) is 0.980. The van der Waals surface area contributed by atoms with Gasteiger partial charge in [0.05, 0.1) is 12.5 Å². The highest BCUT2D eigenvalue weighted by atomic mass is 16.5. The molecule has 0 N–H and O–H groups in total. The largest absolute Gasteiger partial charge is 0.368 e. The molecule has 6 heteroatoms. The highest BCUT2D eigenvalue weighted by Gasteiger charge is 2.37. The van der Waals surface area contributed by atoms with Gasteiger partial charge in [-0.3, -0.25) is 14.6 Å². The second kappa shape index (κ2) is 7.30. The summed E-state index contributed by atoms with van der Waals surface area (Å²) in [5, 5.41) is 0. The molecule has 2 atom stereocenters. The van der Waals surface area contributed by atoms with Crippen LogP contribution in [-0.4, -0.2) is 65.0 Å². The summed E-state index contributed by atoms with van der Waals surface area (Å²) in [7, 11) is 0. The van der Waals surface area contributed by atoms with Crippen molar-refractivity contribution in [2.24, 2.45) is 5.92 Å². The molecule has 0 aromatic carbocycles. The van der Waals surface area contributed by atoms with E-state index in [1.807, 2.05) is 35.8 Å². The molecule has 3 rings (SSSR count). The molecule has 1 aromatic heterocycles. The van der Waals surface area contributed by atoms with E-state index in [1.165, 1.54) is 0 Å². The van der Waals surface area contributed by atoms with Gasteiger partial charge < -0.3 is 14.5 Å². The predicted octanol–water partition coefficient (Wildman–Crippen LogP) is 1.11. The monoisotopic (exact) mass is 331 g/mol. The van der Waals surface area contributed by atoms with Crippen LogP contribution in [0, 0.1) is 5.92 Å². The van der Waals surface area contributed by atoms with Crippen molar-refractivity contribution in [1.29, 1.82) is 0 Å². The molecule has 24 heavy (non-hydrogen) atoms. The van der Waals surface area contributed by atoms with Crippen LogP contribution in [-0.2, 0) is 20.7 Å². The molecule has 0 radical (unpaired) electrons. The Morgan fingerprint density at radius 2 is 2.08 bits per heavy atom. The lowest BCUT2D eigenvalue weighted by Gasteiger charge is -2.38. The Morgan fingerprint density at radius 1 is 1.33 bits per heavy atom. The molecular formula is C18H25N3O3. The number of likely N-dealkylation sites (tertiary alicyclic amines) is 1. The van der Waals surface area contributed by atoms with Crippen LogP contribution < -0.4 is 0 Å². The summed E-state index contributed by atoms with van der Waals surface area (Å²) in [6, 6.07) is 3.90. The SMILES string of the molecule is CC(C)N1C[C@H]2CN(C(=O)Cc3ccncc3)CC[C@@H]2OCC1=O. The van der Waals surface area contributed by atoms with Crippen molar-refractivity contribution in [2.45, 2.75) is 38.8 Å². The van der Waals surface area contributed by atoms with Crippen molar-refractivity contribution < 1.29 is 14.3 Å². The Morgan fingerprint density at radius 3 is 2.79 bits per heavy atom. The van der Waals surface area contributed by atoms with Gasteiger partial charge in [-0.1, -0.05) is 0 Å². The van der Waals surface area contributed by atoms with Gasteiger partial charge >= 0.3 is 0 Å². The van der Waals surface area contributed by atoms with Crippen LogP contribution in [0.15, 0.2) is 24.5 Å². The van der Waals surface area contributed by atoms with Crippen LogP contribution in [0.2, 0.25) is 0 Å². The summed E-state index contributed by atoms with van der Waals surface area (Å²) in [6.07, 6.45) is 4.68. The number of pyridine rings is 1. The first-order valence-electron chi connectivity index (χ1n) is 8.62. The highest BCUT2D eigenvalue weighted by molar-refractivity contribution is 5.79. The number of fused-ring (bicyclic) bond motifs is 1. The van der Waals surface area contributed by atoms with Crippen LogP contribution in [0.5, 0.6) is 0 Å². The quantitative estimate of drug-likeness (QED) is 0.832. The minimum Gasteiger partial charge on any atom is -0.368 e. The summed E-state index contributed by atoms with van der Waals surface area (Å²) in [5.74, 6) is 0.370. The van der Waals surface area contributed by atoms with Crippen molar-refractivity contribution in [3.05, 3.63) is 30.1 Å². The van der Waals surface area contributed by atoms with Gasteiger partial charge in [-0.05, 0) is 38.0 Å². The molecule has 2 amide bonds. The third kappa shape index (κ3) is 3.75. The van der Waals surface area contributed by atoms with Crippen LogP contribution in [0.25, 0.3) is 0 Å². The molecule has 6 nitrogen and oxygen atoms in total. The molecule has 1 aromatic rings. The number of piperidine rings is 1. The zero-order valence-electron chi connectivity index (χ0n) is 14.4. The first kappa shape index (κ1) is 16.9. The maximum atomic E-state index is 12.6. The lowest BCUT2D eigenvalue weighted by Crippen LogP contribution is -2.50. The molecule has 0 saturated carbocycles. The molecule has 2 aliphatic rings. The number of hydrogen-bond donors (Lipinski definition) is 0. The van der Waals surface area contributed by atoms with E-state index in [2.05, 4.69) is 4.98 Å². The van der Waals surface area contributed by atoms with E-state index in [1.54, 1.807) is 12.4 Å². The minimum absolute atomic E-state index is 0.0501. The smallest absolute Gasteiger partial charge is 0.248 e. The molecule has 2 fully saturated rings. The van der Waals surface area contributed by atoms with E-state index >= 15 is 0 Å². The maximum Gasteiger partial charge on any atom is 0.248 e. The van der Waals surface area contributed by atoms with Gasteiger partial charge in [-0.15, -0.1) is 0 Å². The van der Waals surface area contributed by atoms with Crippen molar-refractivity contribution >= 4 is 11.8 Å². The van der Waals surface area contributed by atoms with E-state index in [9.17, 15) is 9.59 Å². The van der Waals surface area contributed by atoms with E-state index < -0.39 is 0 Å². The fourth-order valence-corrected chi connectivity index (χ4v) is 3.53. The van der Waals surface area contributed by atoms with Gasteiger partial charge in [0, 0.05) is 44.0 Å². The molecule has 0 unspecified atom stereocenters. The van der Waals surface area contributed by atoms with Crippen molar-refractivity contribution in [1.82, 2.24) is 14.8 Å². The zero-order valence-corrected chi connectivity index (χ0v) is 14.4. The average molecular weight is 331 g/mol.